The van der Waals surface area contributed by atoms with Gasteiger partial charge in [-0.3, -0.25) is 14.4 Å². The summed E-state index contributed by atoms with van der Waals surface area (Å²) in [6.07, 6.45) is 1.50. The Hall–Kier alpha value is -3.32. The van der Waals surface area contributed by atoms with E-state index in [-0.39, 0.29) is 18.4 Å². The molecule has 3 amide bonds. The molecule has 1 aliphatic heterocycles. The lowest BCUT2D eigenvalue weighted by Gasteiger charge is -2.31. The van der Waals surface area contributed by atoms with Gasteiger partial charge in [-0.05, 0) is 48.6 Å². The molecule has 1 aromatic heterocycles. The van der Waals surface area contributed by atoms with Crippen molar-refractivity contribution in [2.45, 2.75) is 19.4 Å². The van der Waals surface area contributed by atoms with Crippen LogP contribution >= 0.6 is 11.6 Å². The molecule has 166 valence electrons. The first-order valence-corrected chi connectivity index (χ1v) is 11.0. The third kappa shape index (κ3) is 5.29. The van der Waals surface area contributed by atoms with Crippen molar-refractivity contribution < 1.29 is 18.8 Å². The molecule has 3 aromatic rings. The highest BCUT2D eigenvalue weighted by Gasteiger charge is 2.26. The van der Waals surface area contributed by atoms with Gasteiger partial charge in [-0.1, -0.05) is 41.9 Å². The molecule has 0 saturated carbocycles. The summed E-state index contributed by atoms with van der Waals surface area (Å²) in [7, 11) is 0. The topological polar surface area (TPSA) is 91.7 Å². The molecule has 4 rings (SSSR count). The van der Waals surface area contributed by atoms with Gasteiger partial charge in [-0.2, -0.15) is 0 Å². The van der Waals surface area contributed by atoms with Crippen LogP contribution < -0.4 is 10.6 Å². The summed E-state index contributed by atoms with van der Waals surface area (Å²) in [5.41, 5.74) is 1.56. The van der Waals surface area contributed by atoms with Crippen LogP contribution in [-0.4, -0.2) is 42.3 Å². The number of piperidine rings is 1. The number of carbonyl (C=O) groups excluding carboxylic acids is 3. The monoisotopic (exact) mass is 453 g/mol. The number of fused-ring (bicyclic) bond motifs is 1. The normalized spacial score (nSPS) is 14.3. The number of rotatable bonds is 5. The molecule has 1 fully saturated rings. The largest absolute Gasteiger partial charge is 0.451 e. The molecule has 2 N–H and O–H groups in total. The zero-order chi connectivity index (χ0) is 22.5. The van der Waals surface area contributed by atoms with Gasteiger partial charge in [-0.25, -0.2) is 0 Å². The van der Waals surface area contributed by atoms with Crippen molar-refractivity contribution >= 4 is 40.3 Å². The molecule has 32 heavy (non-hydrogen) atoms. The van der Waals surface area contributed by atoms with Crippen LogP contribution in [0, 0.1) is 5.92 Å². The maximum atomic E-state index is 12.7. The number of nitrogens with one attached hydrogen (secondary N) is 2. The van der Waals surface area contributed by atoms with E-state index in [0.29, 0.717) is 36.0 Å². The van der Waals surface area contributed by atoms with Crippen LogP contribution in [0.2, 0.25) is 5.02 Å². The maximum Gasteiger partial charge on any atom is 0.309 e. The third-order valence-corrected chi connectivity index (χ3v) is 5.91. The SMILES string of the molecule is O=C(NCc1ccc(Cl)cc1)C(=O)NCC1CCN(C(=O)c2cc3ccccc3o2)CC1. The molecule has 0 spiro atoms. The van der Waals surface area contributed by atoms with Gasteiger partial charge in [0.15, 0.2) is 5.76 Å². The Balaban J connectivity index is 1.19. The van der Waals surface area contributed by atoms with Gasteiger partial charge >= 0.3 is 11.8 Å². The molecule has 0 aliphatic carbocycles. The number of furan rings is 1. The van der Waals surface area contributed by atoms with Crippen LogP contribution in [0.1, 0.15) is 29.0 Å². The first kappa shape index (κ1) is 21.9. The van der Waals surface area contributed by atoms with Crippen molar-refractivity contribution in [1.82, 2.24) is 15.5 Å². The summed E-state index contributed by atoms with van der Waals surface area (Å²) in [6, 6.07) is 16.3. The van der Waals surface area contributed by atoms with Crippen LogP contribution in [0.15, 0.2) is 59.0 Å². The molecule has 2 aromatic carbocycles. The number of hydrogen-bond acceptors (Lipinski definition) is 4. The minimum atomic E-state index is -0.669. The summed E-state index contributed by atoms with van der Waals surface area (Å²) in [5, 5.41) is 6.82. The van der Waals surface area contributed by atoms with Crippen molar-refractivity contribution in [1.29, 1.82) is 0 Å². The van der Waals surface area contributed by atoms with Crippen LogP contribution in [0.25, 0.3) is 11.0 Å². The second kappa shape index (κ2) is 9.87. The van der Waals surface area contributed by atoms with Gasteiger partial charge in [0.05, 0.1) is 0 Å². The van der Waals surface area contributed by atoms with E-state index in [1.54, 1.807) is 35.2 Å². The fourth-order valence-corrected chi connectivity index (χ4v) is 3.89. The van der Waals surface area contributed by atoms with Gasteiger partial charge in [0.25, 0.3) is 5.91 Å². The van der Waals surface area contributed by atoms with Crippen molar-refractivity contribution in [3.05, 3.63) is 70.9 Å². The highest BCUT2D eigenvalue weighted by Crippen LogP contribution is 2.23. The fraction of sp³-hybridized carbons (Fsp3) is 0.292. The number of para-hydroxylation sites is 1. The third-order valence-electron chi connectivity index (χ3n) is 5.66. The average molecular weight is 454 g/mol. The molecule has 8 heteroatoms. The minimum Gasteiger partial charge on any atom is -0.451 e. The van der Waals surface area contributed by atoms with Crippen LogP contribution in [0.4, 0.5) is 0 Å². The summed E-state index contributed by atoms with van der Waals surface area (Å²) in [5.74, 6) is -0.888. The van der Waals surface area contributed by atoms with E-state index >= 15 is 0 Å². The Morgan fingerprint density at radius 2 is 1.66 bits per heavy atom. The lowest BCUT2D eigenvalue weighted by Crippen LogP contribution is -2.44. The summed E-state index contributed by atoms with van der Waals surface area (Å²) < 4.78 is 5.68. The molecule has 7 nitrogen and oxygen atoms in total. The number of hydrogen-bond donors (Lipinski definition) is 2. The van der Waals surface area contributed by atoms with E-state index in [4.69, 9.17) is 16.0 Å². The molecular formula is C24H24ClN3O4. The molecule has 0 radical (unpaired) electrons. The lowest BCUT2D eigenvalue weighted by molar-refractivity contribution is -0.139. The van der Waals surface area contributed by atoms with Gasteiger partial charge in [0.1, 0.15) is 5.58 Å². The molecule has 0 bridgehead atoms. The highest BCUT2D eigenvalue weighted by molar-refractivity contribution is 6.35. The highest BCUT2D eigenvalue weighted by atomic mass is 35.5. The van der Waals surface area contributed by atoms with Gasteiger partial charge in [0.2, 0.25) is 0 Å². The van der Waals surface area contributed by atoms with Crippen molar-refractivity contribution in [3.63, 3.8) is 0 Å². The van der Waals surface area contributed by atoms with Gasteiger partial charge < -0.3 is 20.0 Å². The minimum absolute atomic E-state index is 0.120. The summed E-state index contributed by atoms with van der Waals surface area (Å²) in [6.45, 7) is 1.82. The van der Waals surface area contributed by atoms with E-state index in [2.05, 4.69) is 10.6 Å². The van der Waals surface area contributed by atoms with Crippen molar-refractivity contribution in [2.75, 3.05) is 19.6 Å². The first-order chi connectivity index (χ1) is 15.5. The molecule has 2 heterocycles. The molecular weight excluding hydrogens is 430 g/mol. The number of carbonyl (C=O) groups is 3. The number of halogens is 1. The van der Waals surface area contributed by atoms with Crippen molar-refractivity contribution in [2.24, 2.45) is 5.92 Å². The van der Waals surface area contributed by atoms with E-state index < -0.39 is 11.8 Å². The Labute approximate surface area is 190 Å². The van der Waals surface area contributed by atoms with E-state index in [0.717, 1.165) is 23.8 Å². The van der Waals surface area contributed by atoms with Gasteiger partial charge in [-0.15, -0.1) is 0 Å². The number of benzene rings is 2. The van der Waals surface area contributed by atoms with E-state index in [9.17, 15) is 14.4 Å². The predicted octanol–water partition coefficient (Wildman–Crippen LogP) is 3.37. The van der Waals surface area contributed by atoms with Crippen molar-refractivity contribution in [3.8, 4) is 0 Å². The van der Waals surface area contributed by atoms with Gasteiger partial charge in [0, 0.05) is 36.6 Å². The second-order valence-corrected chi connectivity index (χ2v) is 8.34. The summed E-state index contributed by atoms with van der Waals surface area (Å²) >= 11 is 5.84. The average Bonchev–Trinajstić information content (AvgIpc) is 3.26. The number of amides is 3. The Kier molecular flexibility index (Phi) is 6.75. The Morgan fingerprint density at radius 3 is 2.38 bits per heavy atom. The second-order valence-electron chi connectivity index (χ2n) is 7.90. The molecule has 1 aliphatic rings. The predicted molar refractivity (Wildman–Crippen MR) is 121 cm³/mol. The van der Waals surface area contributed by atoms with Crippen LogP contribution in [0.5, 0.6) is 0 Å². The molecule has 0 unspecified atom stereocenters. The zero-order valence-corrected chi connectivity index (χ0v) is 18.2. The van der Waals surface area contributed by atoms with E-state index in [1.807, 2.05) is 24.3 Å². The Bertz CT molecular complexity index is 1080. The van der Waals surface area contributed by atoms with Crippen LogP contribution in [-0.2, 0) is 16.1 Å². The standard InChI is InChI=1S/C24H24ClN3O4/c25-19-7-5-16(6-8-19)14-26-22(29)23(30)27-15-17-9-11-28(12-10-17)24(31)21-13-18-3-1-2-4-20(18)32-21/h1-8,13,17H,9-12,14-15H2,(H,26,29)(H,27,30). The van der Waals surface area contributed by atoms with E-state index in [1.165, 1.54) is 0 Å². The fourth-order valence-electron chi connectivity index (χ4n) is 3.77. The number of likely N-dealkylation sites (tertiary alicyclic amines) is 1. The number of nitrogens with zero attached hydrogens (tertiary/aromatic N) is 1. The molecule has 0 atom stereocenters. The molecule has 1 saturated heterocycles. The lowest BCUT2D eigenvalue weighted by atomic mass is 9.96. The quantitative estimate of drug-likeness (QED) is 0.579. The first-order valence-electron chi connectivity index (χ1n) is 10.6. The Morgan fingerprint density at radius 1 is 0.969 bits per heavy atom. The summed E-state index contributed by atoms with van der Waals surface area (Å²) in [4.78, 5) is 38.6. The maximum absolute atomic E-state index is 12.7. The zero-order valence-electron chi connectivity index (χ0n) is 17.5. The van der Waals surface area contributed by atoms with Crippen LogP contribution in [0.3, 0.4) is 0 Å². The smallest absolute Gasteiger partial charge is 0.309 e.